The summed E-state index contributed by atoms with van der Waals surface area (Å²) in [4.78, 5) is 26.6. The van der Waals surface area contributed by atoms with Crippen molar-refractivity contribution >= 4 is 11.8 Å². The molecule has 1 aliphatic carbocycles. The molecule has 2 amide bonds. The van der Waals surface area contributed by atoms with Crippen LogP contribution in [0.5, 0.6) is 0 Å². The van der Waals surface area contributed by atoms with Crippen LogP contribution >= 0.6 is 0 Å². The highest BCUT2D eigenvalue weighted by Crippen LogP contribution is 2.20. The predicted octanol–water partition coefficient (Wildman–Crippen LogP) is 2.09. The van der Waals surface area contributed by atoms with Crippen molar-refractivity contribution in [3.8, 4) is 0 Å². The van der Waals surface area contributed by atoms with Crippen LogP contribution in [0.2, 0.25) is 0 Å². The maximum Gasteiger partial charge on any atom is 0.235 e. The molecule has 2 N–H and O–H groups in total. The van der Waals surface area contributed by atoms with Crippen molar-refractivity contribution in [1.29, 1.82) is 0 Å². The molecule has 1 aliphatic rings. The molecule has 5 heteroatoms. The largest absolute Gasteiger partial charge is 0.355 e. The van der Waals surface area contributed by atoms with Crippen molar-refractivity contribution in [1.82, 2.24) is 15.5 Å². The van der Waals surface area contributed by atoms with Crippen molar-refractivity contribution < 1.29 is 9.59 Å². The number of carbonyl (C=O) groups excluding carboxylic acids is 2. The first-order valence-electron chi connectivity index (χ1n) is 8.73. The molecule has 5 nitrogen and oxygen atoms in total. The summed E-state index contributed by atoms with van der Waals surface area (Å²) in [6, 6.07) is 0. The van der Waals surface area contributed by atoms with E-state index in [0.717, 1.165) is 32.2 Å². The third-order valence-corrected chi connectivity index (χ3v) is 4.32. The second-order valence-electron chi connectivity index (χ2n) is 7.15. The van der Waals surface area contributed by atoms with Crippen molar-refractivity contribution in [2.75, 3.05) is 33.7 Å². The molecule has 0 aromatic heterocycles. The number of rotatable bonds is 9. The predicted molar refractivity (Wildman–Crippen MR) is 94.1 cm³/mol. The lowest BCUT2D eigenvalue weighted by atomic mass is 9.90. The summed E-state index contributed by atoms with van der Waals surface area (Å²) in [5.41, 5.74) is 0.404. The van der Waals surface area contributed by atoms with Gasteiger partial charge in [0.1, 0.15) is 5.41 Å². The minimum absolute atomic E-state index is 0.195. The molecule has 0 saturated heterocycles. The zero-order valence-corrected chi connectivity index (χ0v) is 15.2. The fraction of sp³-hybridized carbons (Fsp3) is 0.778. The molecular formula is C18H33N3O2. The van der Waals surface area contributed by atoms with Crippen molar-refractivity contribution in [3.63, 3.8) is 0 Å². The van der Waals surface area contributed by atoms with Crippen LogP contribution in [0.1, 0.15) is 52.4 Å². The molecule has 0 atom stereocenters. The Morgan fingerprint density at radius 1 is 1.13 bits per heavy atom. The van der Waals surface area contributed by atoms with Crippen LogP contribution in [0.25, 0.3) is 0 Å². The molecule has 1 rings (SSSR count). The van der Waals surface area contributed by atoms with Crippen LogP contribution in [-0.4, -0.2) is 50.4 Å². The third-order valence-electron chi connectivity index (χ3n) is 4.32. The number of hydrogen-bond donors (Lipinski definition) is 2. The lowest BCUT2D eigenvalue weighted by molar-refractivity contribution is -0.141. The normalized spacial score (nSPS) is 15.3. The number of allylic oxidation sites excluding steroid dienone is 1. The second kappa shape index (κ2) is 9.71. The van der Waals surface area contributed by atoms with E-state index in [4.69, 9.17) is 0 Å². The van der Waals surface area contributed by atoms with Crippen LogP contribution in [0, 0.1) is 5.41 Å². The summed E-state index contributed by atoms with van der Waals surface area (Å²) in [5.74, 6) is -0.398. The van der Waals surface area contributed by atoms with Gasteiger partial charge in [-0.15, -0.1) is 0 Å². The Labute approximate surface area is 140 Å². The smallest absolute Gasteiger partial charge is 0.235 e. The molecule has 0 bridgehead atoms. The highest BCUT2D eigenvalue weighted by molar-refractivity contribution is 6.04. The van der Waals surface area contributed by atoms with E-state index in [1.54, 1.807) is 13.8 Å². The van der Waals surface area contributed by atoms with Crippen LogP contribution in [0.3, 0.4) is 0 Å². The van der Waals surface area contributed by atoms with Crippen molar-refractivity contribution in [3.05, 3.63) is 11.6 Å². The molecule has 0 radical (unpaired) electrons. The number of amides is 2. The van der Waals surface area contributed by atoms with Gasteiger partial charge >= 0.3 is 0 Å². The van der Waals surface area contributed by atoms with Gasteiger partial charge in [-0.2, -0.15) is 0 Å². The fourth-order valence-corrected chi connectivity index (χ4v) is 2.61. The summed E-state index contributed by atoms with van der Waals surface area (Å²) >= 11 is 0. The molecule has 0 spiro atoms. The van der Waals surface area contributed by atoms with Gasteiger partial charge in [0.05, 0.1) is 0 Å². The lowest BCUT2D eigenvalue weighted by Gasteiger charge is -2.23. The van der Waals surface area contributed by atoms with E-state index < -0.39 is 5.41 Å². The van der Waals surface area contributed by atoms with Gasteiger partial charge in [0, 0.05) is 13.1 Å². The third kappa shape index (κ3) is 7.16. The van der Waals surface area contributed by atoms with Crippen LogP contribution in [0.15, 0.2) is 11.6 Å². The van der Waals surface area contributed by atoms with Crippen molar-refractivity contribution in [2.24, 2.45) is 5.41 Å². The van der Waals surface area contributed by atoms with E-state index in [2.05, 4.69) is 21.6 Å². The van der Waals surface area contributed by atoms with Gasteiger partial charge < -0.3 is 15.5 Å². The van der Waals surface area contributed by atoms with E-state index >= 15 is 0 Å². The first-order valence-corrected chi connectivity index (χ1v) is 8.73. The highest BCUT2D eigenvalue weighted by Gasteiger charge is 2.35. The Balaban J connectivity index is 2.30. The van der Waals surface area contributed by atoms with E-state index in [9.17, 15) is 9.59 Å². The maximum atomic E-state index is 12.3. The van der Waals surface area contributed by atoms with E-state index in [1.165, 1.54) is 18.4 Å². The Morgan fingerprint density at radius 3 is 2.35 bits per heavy atom. The first-order chi connectivity index (χ1) is 10.8. The van der Waals surface area contributed by atoms with Gasteiger partial charge in [-0.1, -0.05) is 11.6 Å². The van der Waals surface area contributed by atoms with Crippen LogP contribution < -0.4 is 10.6 Å². The van der Waals surface area contributed by atoms with Gasteiger partial charge in [-0.3, -0.25) is 9.59 Å². The average Bonchev–Trinajstić information content (AvgIpc) is 2.52. The molecule has 132 valence electrons. The zero-order chi connectivity index (χ0) is 17.3. The number of carbonyl (C=O) groups is 2. The molecule has 0 aromatic rings. The summed E-state index contributed by atoms with van der Waals surface area (Å²) < 4.78 is 0. The van der Waals surface area contributed by atoms with E-state index in [1.807, 2.05) is 14.1 Å². The number of nitrogens with one attached hydrogen (secondary N) is 2. The minimum Gasteiger partial charge on any atom is -0.355 e. The lowest BCUT2D eigenvalue weighted by Crippen LogP contribution is -2.48. The summed E-state index contributed by atoms with van der Waals surface area (Å²) in [7, 11) is 4.00. The topological polar surface area (TPSA) is 61.4 Å². The van der Waals surface area contributed by atoms with Crippen LogP contribution in [-0.2, 0) is 9.59 Å². The molecule has 0 fully saturated rings. The molecule has 0 unspecified atom stereocenters. The fourth-order valence-electron chi connectivity index (χ4n) is 2.61. The molecular weight excluding hydrogens is 290 g/mol. The highest BCUT2D eigenvalue weighted by atomic mass is 16.2. The van der Waals surface area contributed by atoms with Crippen molar-refractivity contribution in [2.45, 2.75) is 52.4 Å². The summed E-state index contributed by atoms with van der Waals surface area (Å²) in [6.07, 6.45) is 8.89. The molecule has 0 heterocycles. The molecule has 0 saturated carbocycles. The Hall–Kier alpha value is -1.36. The zero-order valence-electron chi connectivity index (χ0n) is 15.2. The average molecular weight is 323 g/mol. The monoisotopic (exact) mass is 323 g/mol. The number of nitrogens with zero attached hydrogens (tertiary/aromatic N) is 1. The summed E-state index contributed by atoms with van der Waals surface area (Å²) in [5, 5.41) is 5.77. The van der Waals surface area contributed by atoms with Crippen LogP contribution in [0.4, 0.5) is 0 Å². The molecule has 0 aliphatic heterocycles. The minimum atomic E-state index is -1.03. The molecule has 0 aromatic carbocycles. The second-order valence-corrected chi connectivity index (χ2v) is 7.15. The standard InChI is InChI=1S/C18H33N3O2/c1-18(2,16(22)19-12-8-14-21(3)4)17(23)20-13-11-15-9-6-5-7-10-15/h9H,5-8,10-14H2,1-4H3,(H,19,22)(H,20,23). The van der Waals surface area contributed by atoms with Gasteiger partial charge in [0.25, 0.3) is 0 Å². The quantitative estimate of drug-likeness (QED) is 0.388. The van der Waals surface area contributed by atoms with Gasteiger partial charge in [-0.05, 0) is 73.0 Å². The first kappa shape index (κ1) is 19.7. The van der Waals surface area contributed by atoms with Gasteiger partial charge in [0.2, 0.25) is 11.8 Å². The summed E-state index contributed by atoms with van der Waals surface area (Å²) in [6.45, 7) is 5.50. The van der Waals surface area contributed by atoms with Gasteiger partial charge in [0.15, 0.2) is 0 Å². The molecule has 23 heavy (non-hydrogen) atoms. The van der Waals surface area contributed by atoms with E-state index in [0.29, 0.717) is 13.1 Å². The SMILES string of the molecule is CN(C)CCCNC(=O)C(C)(C)C(=O)NCCC1=CCCCC1. The Morgan fingerprint density at radius 2 is 1.78 bits per heavy atom. The van der Waals surface area contributed by atoms with Gasteiger partial charge in [-0.25, -0.2) is 0 Å². The Kier molecular flexibility index (Phi) is 8.31. The van der Waals surface area contributed by atoms with E-state index in [-0.39, 0.29) is 11.8 Å². The number of hydrogen-bond acceptors (Lipinski definition) is 3. The maximum absolute atomic E-state index is 12.3. The Bertz CT molecular complexity index is 428.